The van der Waals surface area contributed by atoms with Crippen LogP contribution < -0.4 is 16.6 Å². The van der Waals surface area contributed by atoms with Crippen molar-refractivity contribution in [3.63, 3.8) is 0 Å². The third-order valence-corrected chi connectivity index (χ3v) is 3.76. The maximum Gasteiger partial charge on any atom is 0.332 e. The van der Waals surface area contributed by atoms with E-state index in [1.165, 1.54) is 11.6 Å². The molecule has 2 aromatic rings. The summed E-state index contributed by atoms with van der Waals surface area (Å²) in [4.78, 5) is 27.1. The SMILES string of the molecule is Cn1c(=O)c2cc(C3CCNC3)[nH]c2n(C)c1=O. The summed E-state index contributed by atoms with van der Waals surface area (Å²) in [5.74, 6) is 0.400. The minimum absolute atomic E-state index is 0.235. The Kier molecular flexibility index (Phi) is 2.41. The molecular formula is C12H16N4O2. The topological polar surface area (TPSA) is 71.8 Å². The van der Waals surface area contributed by atoms with Crippen LogP contribution >= 0.6 is 0 Å². The van der Waals surface area contributed by atoms with Crippen molar-refractivity contribution in [2.24, 2.45) is 14.1 Å². The van der Waals surface area contributed by atoms with E-state index in [1.54, 1.807) is 7.05 Å². The summed E-state index contributed by atoms with van der Waals surface area (Å²) in [5.41, 5.74) is 1.12. The van der Waals surface area contributed by atoms with Crippen molar-refractivity contribution in [1.82, 2.24) is 19.4 Å². The second kappa shape index (κ2) is 3.84. The van der Waals surface area contributed by atoms with Crippen molar-refractivity contribution >= 4 is 11.0 Å². The average Bonchev–Trinajstić information content (AvgIpc) is 3.01. The summed E-state index contributed by atoms with van der Waals surface area (Å²) in [5, 5.41) is 3.88. The number of aromatic nitrogens is 3. The Hall–Kier alpha value is -1.82. The number of aryl methyl sites for hydroxylation is 1. The lowest BCUT2D eigenvalue weighted by Crippen LogP contribution is -2.36. The van der Waals surface area contributed by atoms with Gasteiger partial charge in [0.05, 0.1) is 5.39 Å². The first-order valence-corrected chi connectivity index (χ1v) is 6.09. The zero-order valence-electron chi connectivity index (χ0n) is 10.5. The van der Waals surface area contributed by atoms with Gasteiger partial charge in [0.15, 0.2) is 0 Å². The lowest BCUT2D eigenvalue weighted by Gasteiger charge is -2.04. The lowest BCUT2D eigenvalue weighted by molar-refractivity contribution is 0.705. The van der Waals surface area contributed by atoms with Crippen LogP contribution in [0.2, 0.25) is 0 Å². The van der Waals surface area contributed by atoms with Gasteiger partial charge < -0.3 is 10.3 Å². The first-order chi connectivity index (χ1) is 8.59. The van der Waals surface area contributed by atoms with Crippen LogP contribution in [-0.4, -0.2) is 27.2 Å². The van der Waals surface area contributed by atoms with Crippen molar-refractivity contribution < 1.29 is 0 Å². The minimum atomic E-state index is -0.301. The third-order valence-electron chi connectivity index (χ3n) is 3.76. The van der Waals surface area contributed by atoms with Crippen LogP contribution in [-0.2, 0) is 14.1 Å². The molecule has 0 bridgehead atoms. The van der Waals surface area contributed by atoms with Gasteiger partial charge in [-0.05, 0) is 19.0 Å². The van der Waals surface area contributed by atoms with Gasteiger partial charge >= 0.3 is 5.69 Å². The van der Waals surface area contributed by atoms with Crippen LogP contribution in [0.1, 0.15) is 18.0 Å². The highest BCUT2D eigenvalue weighted by atomic mass is 16.2. The highest BCUT2D eigenvalue weighted by Gasteiger charge is 2.20. The highest BCUT2D eigenvalue weighted by molar-refractivity contribution is 5.76. The number of fused-ring (bicyclic) bond motifs is 1. The molecule has 1 aliphatic rings. The molecule has 3 rings (SSSR count). The van der Waals surface area contributed by atoms with Gasteiger partial charge in [-0.3, -0.25) is 13.9 Å². The van der Waals surface area contributed by atoms with Gasteiger partial charge in [0.25, 0.3) is 5.56 Å². The first kappa shape index (κ1) is 11.3. The van der Waals surface area contributed by atoms with Gasteiger partial charge in [-0.15, -0.1) is 0 Å². The Morgan fingerprint density at radius 3 is 2.72 bits per heavy atom. The number of aromatic amines is 1. The van der Waals surface area contributed by atoms with Crippen LogP contribution in [0.5, 0.6) is 0 Å². The molecule has 0 saturated carbocycles. The van der Waals surface area contributed by atoms with Crippen LogP contribution in [0.15, 0.2) is 15.7 Å². The van der Waals surface area contributed by atoms with Crippen LogP contribution in [0.3, 0.4) is 0 Å². The molecule has 0 spiro atoms. The average molecular weight is 248 g/mol. The predicted octanol–water partition coefficient (Wildman–Crippen LogP) is -0.358. The molecule has 1 fully saturated rings. The van der Waals surface area contributed by atoms with E-state index < -0.39 is 0 Å². The molecule has 1 atom stereocenters. The molecule has 0 radical (unpaired) electrons. The Bertz CT molecular complexity index is 716. The number of rotatable bonds is 1. The molecule has 96 valence electrons. The van der Waals surface area contributed by atoms with Crippen molar-refractivity contribution in [3.8, 4) is 0 Å². The molecule has 3 heterocycles. The summed E-state index contributed by atoms with van der Waals surface area (Å²) in [6, 6.07) is 1.88. The zero-order chi connectivity index (χ0) is 12.9. The summed E-state index contributed by atoms with van der Waals surface area (Å²) >= 11 is 0. The van der Waals surface area contributed by atoms with Crippen LogP contribution in [0.25, 0.3) is 11.0 Å². The Morgan fingerprint density at radius 2 is 2.06 bits per heavy atom. The maximum atomic E-state index is 12.0. The molecule has 1 aliphatic heterocycles. The molecular weight excluding hydrogens is 232 g/mol. The minimum Gasteiger partial charge on any atom is -0.344 e. The van der Waals surface area contributed by atoms with Crippen molar-refractivity contribution in [3.05, 3.63) is 32.6 Å². The van der Waals surface area contributed by atoms with Crippen molar-refractivity contribution in [2.45, 2.75) is 12.3 Å². The fourth-order valence-electron chi connectivity index (χ4n) is 2.62. The first-order valence-electron chi connectivity index (χ1n) is 6.09. The van der Waals surface area contributed by atoms with Gasteiger partial charge in [0.2, 0.25) is 0 Å². The fourth-order valence-corrected chi connectivity index (χ4v) is 2.62. The number of nitrogens with zero attached hydrogens (tertiary/aromatic N) is 2. The van der Waals surface area contributed by atoms with E-state index >= 15 is 0 Å². The lowest BCUT2D eigenvalue weighted by atomic mass is 10.1. The van der Waals surface area contributed by atoms with E-state index in [2.05, 4.69) is 10.3 Å². The van der Waals surface area contributed by atoms with Gasteiger partial charge in [0.1, 0.15) is 5.65 Å². The van der Waals surface area contributed by atoms with Gasteiger partial charge in [0, 0.05) is 32.3 Å². The van der Waals surface area contributed by atoms with E-state index in [-0.39, 0.29) is 11.2 Å². The van der Waals surface area contributed by atoms with Crippen molar-refractivity contribution in [1.29, 1.82) is 0 Å². The zero-order valence-corrected chi connectivity index (χ0v) is 10.5. The standard InChI is InChI=1S/C12H16N4O2/c1-15-10-8(11(17)16(2)12(15)18)5-9(14-10)7-3-4-13-6-7/h5,7,13-14H,3-4,6H2,1-2H3. The number of hydrogen-bond acceptors (Lipinski definition) is 3. The monoisotopic (exact) mass is 248 g/mol. The maximum absolute atomic E-state index is 12.0. The number of nitrogens with one attached hydrogen (secondary N) is 2. The third kappa shape index (κ3) is 1.45. The Labute approximate surface area is 103 Å². The summed E-state index contributed by atoms with van der Waals surface area (Å²) < 4.78 is 2.63. The van der Waals surface area contributed by atoms with E-state index in [9.17, 15) is 9.59 Å². The smallest absolute Gasteiger partial charge is 0.332 e. The van der Waals surface area contributed by atoms with Gasteiger partial charge in [-0.1, -0.05) is 0 Å². The molecule has 6 heteroatoms. The number of hydrogen-bond donors (Lipinski definition) is 2. The van der Waals surface area contributed by atoms with Gasteiger partial charge in [-0.2, -0.15) is 0 Å². The predicted molar refractivity (Wildman–Crippen MR) is 69.0 cm³/mol. The molecule has 18 heavy (non-hydrogen) atoms. The van der Waals surface area contributed by atoms with Gasteiger partial charge in [-0.25, -0.2) is 4.79 Å². The number of H-pyrrole nitrogens is 1. The summed E-state index contributed by atoms with van der Waals surface area (Å²) in [7, 11) is 3.19. The largest absolute Gasteiger partial charge is 0.344 e. The highest BCUT2D eigenvalue weighted by Crippen LogP contribution is 2.23. The molecule has 0 aromatic carbocycles. The van der Waals surface area contributed by atoms with E-state index in [1.807, 2.05) is 6.07 Å². The quantitative estimate of drug-likeness (QED) is 0.724. The molecule has 0 aliphatic carbocycles. The molecule has 1 saturated heterocycles. The fraction of sp³-hybridized carbons (Fsp3) is 0.500. The Balaban J connectivity index is 2.29. The normalized spacial score (nSPS) is 19.8. The Morgan fingerprint density at radius 1 is 1.28 bits per heavy atom. The molecule has 2 N–H and O–H groups in total. The second-order valence-corrected chi connectivity index (χ2v) is 4.88. The van der Waals surface area contributed by atoms with Crippen molar-refractivity contribution in [2.75, 3.05) is 13.1 Å². The van der Waals surface area contributed by atoms with Crippen LogP contribution in [0.4, 0.5) is 0 Å². The molecule has 1 unspecified atom stereocenters. The summed E-state index contributed by atoms with van der Waals surface area (Å²) in [6.45, 7) is 1.91. The molecule has 6 nitrogen and oxygen atoms in total. The molecule has 0 amide bonds. The van der Waals surface area contributed by atoms with Crippen LogP contribution in [0, 0.1) is 0 Å². The van der Waals surface area contributed by atoms with E-state index in [0.29, 0.717) is 17.0 Å². The van der Waals surface area contributed by atoms with E-state index in [0.717, 1.165) is 29.8 Å². The molecule has 2 aromatic heterocycles. The van der Waals surface area contributed by atoms with E-state index in [4.69, 9.17) is 0 Å². The summed E-state index contributed by atoms with van der Waals surface area (Å²) in [6.07, 6.45) is 1.06. The second-order valence-electron chi connectivity index (χ2n) is 4.88.